The van der Waals surface area contributed by atoms with Crippen molar-refractivity contribution in [1.29, 1.82) is 0 Å². The molecule has 2 N–H and O–H groups in total. The predicted molar refractivity (Wildman–Crippen MR) is 114 cm³/mol. The summed E-state index contributed by atoms with van der Waals surface area (Å²) in [7, 11) is 1.56. The third-order valence-electron chi connectivity index (χ3n) is 4.27. The molecular weight excluding hydrogens is 404 g/mol. The summed E-state index contributed by atoms with van der Waals surface area (Å²) in [6.45, 7) is 5.53. The van der Waals surface area contributed by atoms with Gasteiger partial charge in [-0.1, -0.05) is 41.6 Å². The van der Waals surface area contributed by atoms with Gasteiger partial charge in [-0.25, -0.2) is 4.79 Å². The highest BCUT2D eigenvalue weighted by Crippen LogP contribution is 2.27. The van der Waals surface area contributed by atoms with Gasteiger partial charge >= 0.3 is 6.03 Å². The van der Waals surface area contributed by atoms with Crippen molar-refractivity contribution in [1.82, 2.24) is 25.5 Å². The van der Waals surface area contributed by atoms with E-state index in [1.807, 2.05) is 38.1 Å². The predicted octanol–water partition coefficient (Wildman–Crippen LogP) is 3.12. The number of anilines is 1. The van der Waals surface area contributed by atoms with Gasteiger partial charge in [-0.3, -0.25) is 10.1 Å². The summed E-state index contributed by atoms with van der Waals surface area (Å²) in [4.78, 5) is 24.7. The Morgan fingerprint density at radius 3 is 2.67 bits per heavy atom. The van der Waals surface area contributed by atoms with Gasteiger partial charge in [-0.05, 0) is 55.0 Å². The van der Waals surface area contributed by atoms with E-state index < -0.39 is 17.2 Å². The number of carbonyl (C=O) groups is 2. The van der Waals surface area contributed by atoms with Gasteiger partial charge in [0.2, 0.25) is 11.1 Å². The van der Waals surface area contributed by atoms with Crippen LogP contribution < -0.4 is 15.4 Å². The molecule has 1 aromatic heterocycles. The first kappa shape index (κ1) is 21.3. The summed E-state index contributed by atoms with van der Waals surface area (Å²) < 4.78 is 6.83. The number of urea groups is 1. The largest absolute Gasteiger partial charge is 0.494 e. The van der Waals surface area contributed by atoms with E-state index in [1.165, 1.54) is 4.68 Å². The Bertz CT molecular complexity index is 1070. The van der Waals surface area contributed by atoms with Gasteiger partial charge in [0, 0.05) is 5.69 Å². The van der Waals surface area contributed by atoms with E-state index in [0.29, 0.717) is 22.3 Å². The van der Waals surface area contributed by atoms with E-state index in [1.54, 1.807) is 32.2 Å². The molecule has 10 heteroatoms. The van der Waals surface area contributed by atoms with E-state index in [4.69, 9.17) is 4.74 Å². The molecule has 3 rings (SSSR count). The van der Waals surface area contributed by atoms with Gasteiger partial charge in [0.25, 0.3) is 0 Å². The maximum Gasteiger partial charge on any atom is 0.325 e. The topological polar surface area (TPSA) is 111 Å². The molecule has 0 fully saturated rings. The number of benzene rings is 2. The number of aromatic nitrogens is 4. The van der Waals surface area contributed by atoms with Crippen molar-refractivity contribution >= 4 is 29.4 Å². The van der Waals surface area contributed by atoms with Gasteiger partial charge in [-0.2, -0.15) is 4.68 Å². The monoisotopic (exact) mass is 426 g/mol. The molecule has 30 heavy (non-hydrogen) atoms. The number of methoxy groups -OCH3 is 1. The van der Waals surface area contributed by atoms with Crippen LogP contribution in [0.5, 0.6) is 5.75 Å². The van der Waals surface area contributed by atoms with E-state index in [0.717, 1.165) is 22.9 Å². The van der Waals surface area contributed by atoms with Gasteiger partial charge < -0.3 is 10.1 Å². The number of hydrogen-bond acceptors (Lipinski definition) is 7. The maximum absolute atomic E-state index is 12.5. The van der Waals surface area contributed by atoms with Crippen molar-refractivity contribution in [3.05, 3.63) is 53.6 Å². The number of amides is 3. The zero-order chi connectivity index (χ0) is 21.7. The average molecular weight is 427 g/mol. The lowest BCUT2D eigenvalue weighted by atomic mass is 10.1. The Hall–Kier alpha value is -3.40. The van der Waals surface area contributed by atoms with Crippen LogP contribution in [0.15, 0.2) is 47.6 Å². The minimum Gasteiger partial charge on any atom is -0.494 e. The Balaban J connectivity index is 1.65. The summed E-state index contributed by atoms with van der Waals surface area (Å²) in [6, 6.07) is 12.3. The first-order valence-electron chi connectivity index (χ1n) is 9.16. The number of tetrazole rings is 1. The molecule has 0 spiro atoms. The van der Waals surface area contributed by atoms with Crippen LogP contribution in [0.2, 0.25) is 0 Å². The molecule has 1 atom stereocenters. The molecule has 0 unspecified atom stereocenters. The molecule has 0 aliphatic carbocycles. The van der Waals surface area contributed by atoms with Crippen LogP contribution in [0.1, 0.15) is 18.1 Å². The fraction of sp³-hybridized carbons (Fsp3) is 0.250. The van der Waals surface area contributed by atoms with Crippen LogP contribution in [0.25, 0.3) is 5.69 Å². The Labute approximate surface area is 178 Å². The van der Waals surface area contributed by atoms with E-state index >= 15 is 0 Å². The number of nitrogens with zero attached hydrogens (tertiary/aromatic N) is 4. The molecule has 3 amide bonds. The molecule has 156 valence electrons. The Morgan fingerprint density at radius 1 is 1.17 bits per heavy atom. The zero-order valence-corrected chi connectivity index (χ0v) is 17.9. The number of imide groups is 1. The highest BCUT2D eigenvalue weighted by molar-refractivity contribution is 8.00. The van der Waals surface area contributed by atoms with Gasteiger partial charge in [0.1, 0.15) is 11.4 Å². The number of rotatable bonds is 6. The van der Waals surface area contributed by atoms with Gasteiger partial charge in [0.05, 0.1) is 12.4 Å². The first-order valence-corrected chi connectivity index (χ1v) is 10.0. The molecule has 0 saturated carbocycles. The van der Waals surface area contributed by atoms with Crippen LogP contribution in [-0.2, 0) is 4.79 Å². The van der Waals surface area contributed by atoms with Gasteiger partial charge in [-0.15, -0.1) is 5.10 Å². The number of aryl methyl sites for hydroxylation is 2. The molecular formula is C20H22N6O3S. The number of ether oxygens (including phenoxy) is 1. The summed E-state index contributed by atoms with van der Waals surface area (Å²) >= 11 is 1.13. The zero-order valence-electron chi connectivity index (χ0n) is 17.0. The first-order chi connectivity index (χ1) is 14.4. The van der Waals surface area contributed by atoms with Crippen molar-refractivity contribution in [3.63, 3.8) is 0 Å². The van der Waals surface area contributed by atoms with Crippen molar-refractivity contribution in [2.24, 2.45) is 0 Å². The van der Waals surface area contributed by atoms with Crippen molar-refractivity contribution in [3.8, 4) is 11.4 Å². The highest BCUT2D eigenvalue weighted by Gasteiger charge is 2.22. The molecule has 2 aromatic carbocycles. The van der Waals surface area contributed by atoms with E-state index in [-0.39, 0.29) is 0 Å². The second kappa shape index (κ2) is 9.40. The number of carbonyl (C=O) groups excluding carboxylic acids is 2. The van der Waals surface area contributed by atoms with Crippen LogP contribution in [0.4, 0.5) is 10.5 Å². The lowest BCUT2D eigenvalue weighted by Crippen LogP contribution is -2.39. The normalized spacial score (nSPS) is 11.6. The number of para-hydroxylation sites is 2. The Kier molecular flexibility index (Phi) is 6.68. The summed E-state index contributed by atoms with van der Waals surface area (Å²) in [5.41, 5.74) is 3.29. The minimum absolute atomic E-state index is 0.400. The van der Waals surface area contributed by atoms with Crippen LogP contribution in [-0.4, -0.2) is 44.5 Å². The van der Waals surface area contributed by atoms with Crippen LogP contribution in [0.3, 0.4) is 0 Å². The summed E-state index contributed by atoms with van der Waals surface area (Å²) in [5.74, 6) is 0.133. The second-order valence-corrected chi connectivity index (χ2v) is 7.87. The summed E-state index contributed by atoms with van der Waals surface area (Å²) in [5, 5.41) is 16.5. The Morgan fingerprint density at radius 2 is 1.93 bits per heavy atom. The quantitative estimate of drug-likeness (QED) is 0.583. The molecule has 3 aromatic rings. The average Bonchev–Trinajstić information content (AvgIpc) is 3.17. The van der Waals surface area contributed by atoms with E-state index in [2.05, 4.69) is 26.2 Å². The van der Waals surface area contributed by atoms with Crippen molar-refractivity contribution in [2.45, 2.75) is 31.2 Å². The summed E-state index contributed by atoms with van der Waals surface area (Å²) in [6.07, 6.45) is 0. The smallest absolute Gasteiger partial charge is 0.325 e. The fourth-order valence-electron chi connectivity index (χ4n) is 2.74. The molecule has 0 aliphatic heterocycles. The number of nitrogens with one attached hydrogen (secondary N) is 2. The third-order valence-corrected chi connectivity index (χ3v) is 5.31. The van der Waals surface area contributed by atoms with E-state index in [9.17, 15) is 9.59 Å². The van der Waals surface area contributed by atoms with Crippen LogP contribution >= 0.6 is 11.8 Å². The minimum atomic E-state index is -0.616. The molecule has 9 nitrogen and oxygen atoms in total. The number of hydrogen-bond donors (Lipinski definition) is 2. The number of thioether (sulfide) groups is 1. The van der Waals surface area contributed by atoms with Gasteiger partial charge in [0.15, 0.2) is 0 Å². The molecule has 0 aliphatic rings. The standard InChI is InChI=1S/C20H22N6O3S/c1-12-9-10-15(13(2)11-12)21-19(28)22-18(27)14(3)30-20-23-24-25-26(20)16-7-5-6-8-17(16)29-4/h5-11,14H,1-4H3,(H2,21,22,27,28)/t14-/m1/s1. The highest BCUT2D eigenvalue weighted by atomic mass is 32.2. The molecule has 1 heterocycles. The third kappa shape index (κ3) is 4.95. The fourth-order valence-corrected chi connectivity index (χ4v) is 3.54. The SMILES string of the molecule is COc1ccccc1-n1nnnc1S[C@H](C)C(=O)NC(=O)Nc1ccc(C)cc1C. The maximum atomic E-state index is 12.5. The van der Waals surface area contributed by atoms with Crippen molar-refractivity contribution in [2.75, 3.05) is 12.4 Å². The molecule has 0 radical (unpaired) electrons. The lowest BCUT2D eigenvalue weighted by molar-refractivity contribution is -0.119. The molecule has 0 bridgehead atoms. The second-order valence-electron chi connectivity index (χ2n) is 6.57. The van der Waals surface area contributed by atoms with Crippen LogP contribution in [0, 0.1) is 13.8 Å². The lowest BCUT2D eigenvalue weighted by Gasteiger charge is -2.13. The van der Waals surface area contributed by atoms with Crippen molar-refractivity contribution < 1.29 is 14.3 Å². The molecule has 0 saturated heterocycles.